The Kier molecular flexibility index (Phi) is 4.08. The topological polar surface area (TPSA) is 64.0 Å². The summed E-state index contributed by atoms with van der Waals surface area (Å²) < 4.78 is 1.87. The number of amides is 1. The number of ketones is 1. The molecule has 3 rings (SSSR count). The number of Topliss-reactive ketones (excluding diaryl/α,β-unsaturated/α-hetero) is 1. The summed E-state index contributed by atoms with van der Waals surface area (Å²) in [6.45, 7) is 3.33. The SMILES string of the molecule is CC(=O)c1ccc(NC(=O)c2sc(-n3cccc3)nc2C)cc1. The zero-order chi connectivity index (χ0) is 16.4. The fourth-order valence-electron chi connectivity index (χ4n) is 2.14. The first kappa shape index (κ1) is 15.2. The van der Waals surface area contributed by atoms with Crippen molar-refractivity contribution in [2.75, 3.05) is 5.32 Å². The fourth-order valence-corrected chi connectivity index (χ4v) is 3.07. The Balaban J connectivity index is 1.79. The van der Waals surface area contributed by atoms with Gasteiger partial charge in [-0.25, -0.2) is 4.98 Å². The van der Waals surface area contributed by atoms with Crippen LogP contribution in [0, 0.1) is 6.92 Å². The van der Waals surface area contributed by atoms with Gasteiger partial charge in [0.2, 0.25) is 0 Å². The molecule has 0 radical (unpaired) electrons. The standard InChI is InChI=1S/C17H15N3O2S/c1-11-15(23-17(18-11)20-9-3-4-10-20)16(22)19-14-7-5-13(6-8-14)12(2)21/h3-10H,1-2H3,(H,19,22). The third-order valence-corrected chi connectivity index (χ3v) is 4.54. The van der Waals surface area contributed by atoms with Gasteiger partial charge in [0, 0.05) is 23.6 Å². The second-order valence-electron chi connectivity index (χ2n) is 5.09. The third kappa shape index (κ3) is 3.22. The number of nitrogens with one attached hydrogen (secondary N) is 1. The van der Waals surface area contributed by atoms with E-state index < -0.39 is 0 Å². The molecule has 116 valence electrons. The first-order valence-electron chi connectivity index (χ1n) is 7.08. The van der Waals surface area contributed by atoms with Crippen molar-refractivity contribution in [3.05, 3.63) is 64.9 Å². The number of benzene rings is 1. The minimum absolute atomic E-state index is 0.00228. The molecule has 0 aliphatic rings. The Hall–Kier alpha value is -2.73. The summed E-state index contributed by atoms with van der Waals surface area (Å²) in [5.41, 5.74) is 1.96. The van der Waals surface area contributed by atoms with E-state index in [-0.39, 0.29) is 11.7 Å². The first-order chi connectivity index (χ1) is 11.0. The molecule has 0 aliphatic heterocycles. The van der Waals surface area contributed by atoms with Crippen LogP contribution in [0.5, 0.6) is 0 Å². The summed E-state index contributed by atoms with van der Waals surface area (Å²) in [6, 6.07) is 10.7. The maximum atomic E-state index is 12.4. The smallest absolute Gasteiger partial charge is 0.267 e. The Morgan fingerprint density at radius 1 is 1.13 bits per heavy atom. The highest BCUT2D eigenvalue weighted by atomic mass is 32.1. The van der Waals surface area contributed by atoms with E-state index in [0.29, 0.717) is 21.8 Å². The quantitative estimate of drug-likeness (QED) is 0.744. The molecule has 1 aromatic carbocycles. The van der Waals surface area contributed by atoms with Crippen molar-refractivity contribution < 1.29 is 9.59 Å². The molecule has 0 bridgehead atoms. The molecule has 0 fully saturated rings. The number of hydrogen-bond donors (Lipinski definition) is 1. The van der Waals surface area contributed by atoms with Gasteiger partial charge in [-0.2, -0.15) is 0 Å². The number of rotatable bonds is 4. The van der Waals surface area contributed by atoms with Crippen molar-refractivity contribution in [2.45, 2.75) is 13.8 Å². The number of anilines is 1. The molecule has 5 nitrogen and oxygen atoms in total. The summed E-state index contributed by atoms with van der Waals surface area (Å²) in [6.07, 6.45) is 3.78. The summed E-state index contributed by atoms with van der Waals surface area (Å²) in [5.74, 6) is -0.202. The molecular formula is C17H15N3O2S. The van der Waals surface area contributed by atoms with Crippen LogP contribution in [-0.4, -0.2) is 21.2 Å². The molecule has 1 N–H and O–H groups in total. The number of hydrogen-bond acceptors (Lipinski definition) is 4. The van der Waals surface area contributed by atoms with Crippen LogP contribution in [0.1, 0.15) is 32.6 Å². The number of carbonyl (C=O) groups excluding carboxylic acids is 2. The van der Waals surface area contributed by atoms with Gasteiger partial charge in [0.25, 0.3) is 5.91 Å². The van der Waals surface area contributed by atoms with E-state index in [2.05, 4.69) is 10.3 Å². The van der Waals surface area contributed by atoms with Gasteiger partial charge < -0.3 is 9.88 Å². The summed E-state index contributed by atoms with van der Waals surface area (Å²) >= 11 is 1.34. The predicted molar refractivity (Wildman–Crippen MR) is 90.6 cm³/mol. The van der Waals surface area contributed by atoms with Crippen LogP contribution in [0.4, 0.5) is 5.69 Å². The second kappa shape index (κ2) is 6.18. The number of aryl methyl sites for hydroxylation is 1. The first-order valence-corrected chi connectivity index (χ1v) is 7.89. The van der Waals surface area contributed by atoms with Gasteiger partial charge in [0.15, 0.2) is 10.9 Å². The van der Waals surface area contributed by atoms with Gasteiger partial charge in [0.1, 0.15) is 4.88 Å². The molecule has 0 spiro atoms. The van der Waals surface area contributed by atoms with E-state index in [1.165, 1.54) is 18.3 Å². The number of aromatic nitrogens is 2. The second-order valence-corrected chi connectivity index (χ2v) is 6.07. The molecule has 1 amide bonds. The van der Waals surface area contributed by atoms with Crippen molar-refractivity contribution >= 4 is 28.7 Å². The average Bonchev–Trinajstić information content (AvgIpc) is 3.16. The van der Waals surface area contributed by atoms with Crippen LogP contribution in [0.25, 0.3) is 5.13 Å². The number of thiazole rings is 1. The van der Waals surface area contributed by atoms with Gasteiger partial charge >= 0.3 is 0 Å². The Bertz CT molecular complexity index is 849. The van der Waals surface area contributed by atoms with Crippen molar-refractivity contribution in [1.82, 2.24) is 9.55 Å². The summed E-state index contributed by atoms with van der Waals surface area (Å²) in [5, 5.41) is 3.59. The molecule has 0 saturated heterocycles. The zero-order valence-electron chi connectivity index (χ0n) is 12.7. The summed E-state index contributed by atoms with van der Waals surface area (Å²) in [4.78, 5) is 28.7. The lowest BCUT2D eigenvalue weighted by Gasteiger charge is -2.04. The van der Waals surface area contributed by atoms with E-state index in [1.54, 1.807) is 24.3 Å². The van der Waals surface area contributed by atoms with E-state index in [1.807, 2.05) is 36.0 Å². The van der Waals surface area contributed by atoms with Crippen molar-refractivity contribution in [3.63, 3.8) is 0 Å². The summed E-state index contributed by atoms with van der Waals surface area (Å²) in [7, 11) is 0. The van der Waals surface area contributed by atoms with Gasteiger partial charge in [-0.3, -0.25) is 9.59 Å². The highest BCUT2D eigenvalue weighted by molar-refractivity contribution is 7.16. The minimum Gasteiger partial charge on any atom is -0.321 e. The van der Waals surface area contributed by atoms with Crippen LogP contribution in [-0.2, 0) is 0 Å². The van der Waals surface area contributed by atoms with Crippen LogP contribution < -0.4 is 5.32 Å². The van der Waals surface area contributed by atoms with Gasteiger partial charge in [-0.15, -0.1) is 0 Å². The lowest BCUT2D eigenvalue weighted by molar-refractivity contribution is 0.101. The molecule has 2 heterocycles. The molecule has 0 saturated carbocycles. The Morgan fingerprint density at radius 2 is 1.78 bits per heavy atom. The molecule has 3 aromatic rings. The third-order valence-electron chi connectivity index (χ3n) is 3.37. The van der Waals surface area contributed by atoms with E-state index in [4.69, 9.17) is 0 Å². The van der Waals surface area contributed by atoms with Gasteiger partial charge in [-0.1, -0.05) is 11.3 Å². The number of nitrogens with zero attached hydrogens (tertiary/aromatic N) is 2. The predicted octanol–water partition coefficient (Wildman–Crippen LogP) is 3.70. The monoisotopic (exact) mass is 325 g/mol. The fraction of sp³-hybridized carbons (Fsp3) is 0.118. The highest BCUT2D eigenvalue weighted by Gasteiger charge is 2.16. The normalized spacial score (nSPS) is 10.5. The zero-order valence-corrected chi connectivity index (χ0v) is 13.6. The molecule has 0 unspecified atom stereocenters. The Morgan fingerprint density at radius 3 is 2.39 bits per heavy atom. The van der Waals surface area contributed by atoms with Crippen LogP contribution in [0.3, 0.4) is 0 Å². The van der Waals surface area contributed by atoms with E-state index in [0.717, 1.165) is 5.13 Å². The Labute approximate surface area is 137 Å². The average molecular weight is 325 g/mol. The maximum absolute atomic E-state index is 12.4. The molecule has 6 heteroatoms. The van der Waals surface area contributed by atoms with Crippen LogP contribution in [0.2, 0.25) is 0 Å². The van der Waals surface area contributed by atoms with Crippen LogP contribution >= 0.6 is 11.3 Å². The lowest BCUT2D eigenvalue weighted by Crippen LogP contribution is -2.11. The van der Waals surface area contributed by atoms with Crippen molar-refractivity contribution in [2.24, 2.45) is 0 Å². The van der Waals surface area contributed by atoms with Crippen molar-refractivity contribution in [3.8, 4) is 5.13 Å². The number of carbonyl (C=O) groups is 2. The van der Waals surface area contributed by atoms with E-state index in [9.17, 15) is 9.59 Å². The molecule has 2 aromatic heterocycles. The van der Waals surface area contributed by atoms with Crippen LogP contribution in [0.15, 0.2) is 48.8 Å². The largest absolute Gasteiger partial charge is 0.321 e. The molecule has 23 heavy (non-hydrogen) atoms. The molecule has 0 atom stereocenters. The minimum atomic E-state index is -0.200. The molecular weight excluding hydrogens is 310 g/mol. The van der Waals surface area contributed by atoms with Gasteiger partial charge in [0.05, 0.1) is 5.69 Å². The van der Waals surface area contributed by atoms with Crippen molar-refractivity contribution in [1.29, 1.82) is 0 Å². The van der Waals surface area contributed by atoms with Gasteiger partial charge in [-0.05, 0) is 50.2 Å². The maximum Gasteiger partial charge on any atom is 0.267 e. The highest BCUT2D eigenvalue weighted by Crippen LogP contribution is 2.23. The van der Waals surface area contributed by atoms with E-state index >= 15 is 0 Å². The lowest BCUT2D eigenvalue weighted by atomic mass is 10.1. The molecule has 0 aliphatic carbocycles.